The molecule has 2 aromatic rings. The first-order valence-electron chi connectivity index (χ1n) is 7.24. The summed E-state index contributed by atoms with van der Waals surface area (Å²) in [6.07, 6.45) is 4.42. The second kappa shape index (κ2) is 6.11. The fourth-order valence-electron chi connectivity index (χ4n) is 2.32. The predicted octanol–water partition coefficient (Wildman–Crippen LogP) is 3.68. The van der Waals surface area contributed by atoms with Gasteiger partial charge in [0.2, 0.25) is 0 Å². The molecule has 3 heteroatoms. The van der Waals surface area contributed by atoms with E-state index in [9.17, 15) is 0 Å². The lowest BCUT2D eigenvalue weighted by Gasteiger charge is -2.20. The van der Waals surface area contributed by atoms with Crippen molar-refractivity contribution in [1.82, 2.24) is 9.88 Å². The van der Waals surface area contributed by atoms with Gasteiger partial charge in [0, 0.05) is 23.8 Å². The highest BCUT2D eigenvalue weighted by Gasteiger charge is 2.07. The Labute approximate surface area is 121 Å². The van der Waals surface area contributed by atoms with Crippen molar-refractivity contribution in [3.63, 3.8) is 0 Å². The molecule has 2 rings (SSSR count). The van der Waals surface area contributed by atoms with Crippen molar-refractivity contribution in [2.45, 2.75) is 45.7 Å². The highest BCUT2D eigenvalue weighted by atomic mass is 15.0. The fourth-order valence-corrected chi connectivity index (χ4v) is 2.32. The van der Waals surface area contributed by atoms with E-state index in [1.165, 1.54) is 5.39 Å². The van der Waals surface area contributed by atoms with Gasteiger partial charge in [-0.1, -0.05) is 6.07 Å². The largest absolute Gasteiger partial charge is 0.347 e. The Bertz CT molecular complexity index is 611. The van der Waals surface area contributed by atoms with Crippen LogP contribution in [0.5, 0.6) is 0 Å². The topological polar surface area (TPSA) is 40.8 Å². The molecule has 0 bridgehead atoms. The standard InChI is InChI=1S/C17H23N3/c1-17(2,3)19-9-4-5-10-20-11-8-15-7-6-14(13-18)12-16(15)20/h6-8,11-12,19H,4-5,9-10H2,1-3H3. The third-order valence-corrected chi connectivity index (χ3v) is 3.38. The maximum Gasteiger partial charge on any atom is 0.0992 e. The van der Waals surface area contributed by atoms with E-state index in [1.54, 1.807) is 0 Å². The van der Waals surface area contributed by atoms with Gasteiger partial charge in [0.25, 0.3) is 0 Å². The van der Waals surface area contributed by atoms with E-state index in [-0.39, 0.29) is 5.54 Å². The van der Waals surface area contributed by atoms with Gasteiger partial charge in [-0.3, -0.25) is 0 Å². The molecule has 1 heterocycles. The molecule has 3 nitrogen and oxygen atoms in total. The minimum atomic E-state index is 0.196. The van der Waals surface area contributed by atoms with Gasteiger partial charge >= 0.3 is 0 Å². The SMILES string of the molecule is CC(C)(C)NCCCCn1ccc2ccc(C#N)cc21. The number of nitriles is 1. The fraction of sp³-hybridized carbons (Fsp3) is 0.471. The van der Waals surface area contributed by atoms with Crippen LogP contribution in [0.2, 0.25) is 0 Å². The normalized spacial score (nSPS) is 11.7. The van der Waals surface area contributed by atoms with Crippen LogP contribution in [0.3, 0.4) is 0 Å². The Morgan fingerprint density at radius 2 is 2.00 bits per heavy atom. The first-order chi connectivity index (χ1) is 9.49. The molecular formula is C17H23N3. The van der Waals surface area contributed by atoms with Gasteiger partial charge in [-0.05, 0) is 63.7 Å². The average Bonchev–Trinajstić information content (AvgIpc) is 2.79. The van der Waals surface area contributed by atoms with Gasteiger partial charge in [0.15, 0.2) is 0 Å². The van der Waals surface area contributed by atoms with Crippen LogP contribution in [0.25, 0.3) is 10.9 Å². The lowest BCUT2D eigenvalue weighted by atomic mass is 10.1. The van der Waals surface area contributed by atoms with Gasteiger partial charge < -0.3 is 9.88 Å². The third kappa shape index (κ3) is 3.85. The molecule has 0 saturated heterocycles. The minimum Gasteiger partial charge on any atom is -0.347 e. The summed E-state index contributed by atoms with van der Waals surface area (Å²) in [5, 5.41) is 13.7. The third-order valence-electron chi connectivity index (χ3n) is 3.38. The molecular weight excluding hydrogens is 246 g/mol. The molecule has 106 valence electrons. The monoisotopic (exact) mass is 269 g/mol. The number of nitrogens with zero attached hydrogens (tertiary/aromatic N) is 2. The van der Waals surface area contributed by atoms with E-state index in [0.717, 1.165) is 37.0 Å². The van der Waals surface area contributed by atoms with Gasteiger partial charge in [-0.2, -0.15) is 5.26 Å². The smallest absolute Gasteiger partial charge is 0.0992 e. The van der Waals surface area contributed by atoms with Crippen LogP contribution in [0.1, 0.15) is 39.2 Å². The predicted molar refractivity (Wildman–Crippen MR) is 83.6 cm³/mol. The number of rotatable bonds is 5. The highest BCUT2D eigenvalue weighted by molar-refractivity contribution is 5.81. The number of hydrogen-bond donors (Lipinski definition) is 1. The summed E-state index contributed by atoms with van der Waals surface area (Å²) in [5.74, 6) is 0. The van der Waals surface area contributed by atoms with E-state index >= 15 is 0 Å². The first kappa shape index (κ1) is 14.6. The summed E-state index contributed by atoms with van der Waals surface area (Å²) in [4.78, 5) is 0. The van der Waals surface area contributed by atoms with Crippen LogP contribution in [0.4, 0.5) is 0 Å². The minimum absolute atomic E-state index is 0.196. The molecule has 1 aromatic heterocycles. The van der Waals surface area contributed by atoms with Crippen LogP contribution in [0.15, 0.2) is 30.5 Å². The van der Waals surface area contributed by atoms with Gasteiger partial charge in [-0.25, -0.2) is 0 Å². The molecule has 0 saturated carbocycles. The van der Waals surface area contributed by atoms with Crippen molar-refractivity contribution in [2.75, 3.05) is 6.54 Å². The highest BCUT2D eigenvalue weighted by Crippen LogP contribution is 2.18. The van der Waals surface area contributed by atoms with E-state index in [4.69, 9.17) is 5.26 Å². The maximum atomic E-state index is 8.98. The van der Waals surface area contributed by atoms with Gasteiger partial charge in [-0.15, -0.1) is 0 Å². The van der Waals surface area contributed by atoms with E-state index in [1.807, 2.05) is 18.2 Å². The summed E-state index contributed by atoms with van der Waals surface area (Å²) in [7, 11) is 0. The van der Waals surface area contributed by atoms with Crippen LogP contribution in [-0.4, -0.2) is 16.7 Å². The molecule has 0 aliphatic rings. The second-order valence-corrected chi connectivity index (χ2v) is 6.28. The van der Waals surface area contributed by atoms with Crippen LogP contribution in [0, 0.1) is 11.3 Å². The Morgan fingerprint density at radius 3 is 2.70 bits per heavy atom. The zero-order valence-corrected chi connectivity index (χ0v) is 12.6. The average molecular weight is 269 g/mol. The number of nitrogens with one attached hydrogen (secondary N) is 1. The zero-order chi connectivity index (χ0) is 14.6. The number of aryl methyl sites for hydroxylation is 1. The number of benzene rings is 1. The van der Waals surface area contributed by atoms with E-state index < -0.39 is 0 Å². The molecule has 0 aliphatic heterocycles. The maximum absolute atomic E-state index is 8.98. The molecule has 0 amide bonds. The Balaban J connectivity index is 1.92. The second-order valence-electron chi connectivity index (χ2n) is 6.28. The van der Waals surface area contributed by atoms with E-state index in [2.05, 4.69) is 49.0 Å². The van der Waals surface area contributed by atoms with Crippen molar-refractivity contribution in [2.24, 2.45) is 0 Å². The Morgan fingerprint density at radius 1 is 1.20 bits per heavy atom. The van der Waals surface area contributed by atoms with E-state index in [0.29, 0.717) is 0 Å². The molecule has 0 fully saturated rings. The van der Waals surface area contributed by atoms with Crippen molar-refractivity contribution >= 4 is 10.9 Å². The molecule has 0 radical (unpaired) electrons. The molecule has 20 heavy (non-hydrogen) atoms. The lowest BCUT2D eigenvalue weighted by molar-refractivity contribution is 0.415. The number of fused-ring (bicyclic) bond motifs is 1. The summed E-state index contributed by atoms with van der Waals surface area (Å²) in [6, 6.07) is 10.2. The summed E-state index contributed by atoms with van der Waals surface area (Å²) in [5.41, 5.74) is 2.08. The number of unbranched alkanes of at least 4 members (excludes halogenated alkanes) is 1. The molecule has 0 atom stereocenters. The van der Waals surface area contributed by atoms with Crippen LogP contribution >= 0.6 is 0 Å². The quantitative estimate of drug-likeness (QED) is 0.841. The zero-order valence-electron chi connectivity index (χ0n) is 12.6. The van der Waals surface area contributed by atoms with Crippen molar-refractivity contribution < 1.29 is 0 Å². The van der Waals surface area contributed by atoms with Crippen molar-refractivity contribution in [1.29, 1.82) is 5.26 Å². The Kier molecular flexibility index (Phi) is 4.46. The van der Waals surface area contributed by atoms with Crippen LogP contribution in [-0.2, 0) is 6.54 Å². The van der Waals surface area contributed by atoms with Crippen molar-refractivity contribution in [3.05, 3.63) is 36.0 Å². The van der Waals surface area contributed by atoms with Crippen LogP contribution < -0.4 is 5.32 Å². The molecule has 1 N–H and O–H groups in total. The molecule has 0 spiro atoms. The molecule has 0 aliphatic carbocycles. The molecule has 0 unspecified atom stereocenters. The van der Waals surface area contributed by atoms with Crippen molar-refractivity contribution in [3.8, 4) is 6.07 Å². The Hall–Kier alpha value is -1.79. The molecule has 1 aromatic carbocycles. The first-order valence-corrected chi connectivity index (χ1v) is 7.24. The summed E-state index contributed by atoms with van der Waals surface area (Å²) in [6.45, 7) is 8.62. The number of aromatic nitrogens is 1. The van der Waals surface area contributed by atoms with Gasteiger partial charge in [0.05, 0.1) is 11.6 Å². The number of hydrogen-bond acceptors (Lipinski definition) is 2. The lowest BCUT2D eigenvalue weighted by Crippen LogP contribution is -2.36. The summed E-state index contributed by atoms with van der Waals surface area (Å²) < 4.78 is 2.24. The summed E-state index contributed by atoms with van der Waals surface area (Å²) >= 11 is 0. The van der Waals surface area contributed by atoms with Gasteiger partial charge in [0.1, 0.15) is 0 Å².